The van der Waals surface area contributed by atoms with E-state index in [9.17, 15) is 9.90 Å². The van der Waals surface area contributed by atoms with Crippen LogP contribution < -0.4 is 0 Å². The smallest absolute Gasteiger partial charge is 0.309 e. The molecule has 0 spiro atoms. The molecule has 1 N–H and O–H groups in total. The third-order valence-corrected chi connectivity index (χ3v) is 4.85. The number of aryl methyl sites for hydroxylation is 1. The lowest BCUT2D eigenvalue weighted by atomic mass is 9.88. The van der Waals surface area contributed by atoms with Gasteiger partial charge in [0.05, 0.1) is 13.0 Å². The van der Waals surface area contributed by atoms with Crippen LogP contribution in [0.5, 0.6) is 0 Å². The molecule has 114 valence electrons. The monoisotopic (exact) mass is 306 g/mol. The van der Waals surface area contributed by atoms with Crippen molar-refractivity contribution >= 4 is 17.7 Å². The number of aliphatic hydroxyl groups is 1. The van der Waals surface area contributed by atoms with Gasteiger partial charge in [-0.1, -0.05) is 35.5 Å². The first-order chi connectivity index (χ1) is 10.0. The number of carbonyl (C=O) groups excluding carboxylic acids is 1. The second-order valence-electron chi connectivity index (χ2n) is 5.39. The van der Waals surface area contributed by atoms with Gasteiger partial charge in [-0.15, -0.1) is 0 Å². The lowest BCUT2D eigenvalue weighted by Crippen LogP contribution is -2.35. The van der Waals surface area contributed by atoms with Crippen molar-refractivity contribution in [2.45, 2.75) is 50.0 Å². The zero-order valence-corrected chi connectivity index (χ0v) is 13.4. The highest BCUT2D eigenvalue weighted by Gasteiger charge is 2.36. The molecule has 0 radical (unpaired) electrons. The minimum absolute atomic E-state index is 0.0333. The van der Waals surface area contributed by atoms with Gasteiger partial charge in [-0.25, -0.2) is 0 Å². The average molecular weight is 306 g/mol. The van der Waals surface area contributed by atoms with Gasteiger partial charge in [0.2, 0.25) is 0 Å². The second-order valence-corrected chi connectivity index (χ2v) is 6.50. The first kappa shape index (κ1) is 16.1. The molecular formula is C17H22O3S. The third kappa shape index (κ3) is 4.35. The van der Waals surface area contributed by atoms with Crippen molar-refractivity contribution in [1.29, 1.82) is 0 Å². The summed E-state index contributed by atoms with van der Waals surface area (Å²) in [6.07, 6.45) is 4.53. The van der Waals surface area contributed by atoms with E-state index in [0.717, 1.165) is 22.6 Å². The Labute approximate surface area is 130 Å². The fourth-order valence-corrected chi connectivity index (χ4v) is 3.53. The molecule has 0 saturated heterocycles. The quantitative estimate of drug-likeness (QED) is 0.840. The van der Waals surface area contributed by atoms with Gasteiger partial charge in [-0.05, 0) is 45.2 Å². The Bertz CT molecular complexity index is 521. The fourth-order valence-electron chi connectivity index (χ4n) is 2.44. The standard InChI is InChI=1S/C17H22O3S/c1-3-20-16(18)12-17(19)11-5-4-6-15(17)21-14-9-7-13(2)8-10-14/h6-10,19H,3-5,11-12H2,1-2H3/t17-/m0/s1. The Kier molecular flexibility index (Phi) is 5.48. The highest BCUT2D eigenvalue weighted by Crippen LogP contribution is 2.42. The molecule has 1 atom stereocenters. The van der Waals surface area contributed by atoms with Crippen LogP contribution in [0.3, 0.4) is 0 Å². The maximum atomic E-state index is 11.7. The summed E-state index contributed by atoms with van der Waals surface area (Å²) < 4.78 is 4.99. The van der Waals surface area contributed by atoms with Crippen LogP contribution in [-0.4, -0.2) is 23.3 Å². The molecule has 1 aliphatic carbocycles. The molecule has 2 rings (SSSR count). The van der Waals surface area contributed by atoms with E-state index in [1.54, 1.807) is 18.7 Å². The molecule has 0 unspecified atom stereocenters. The van der Waals surface area contributed by atoms with Gasteiger partial charge >= 0.3 is 5.97 Å². The molecular weight excluding hydrogens is 284 g/mol. The maximum Gasteiger partial charge on any atom is 0.309 e. The van der Waals surface area contributed by atoms with Gasteiger partial charge in [0.15, 0.2) is 0 Å². The van der Waals surface area contributed by atoms with Crippen LogP contribution in [0.2, 0.25) is 0 Å². The van der Waals surface area contributed by atoms with E-state index in [1.807, 2.05) is 25.1 Å². The van der Waals surface area contributed by atoms with Crippen molar-refractivity contribution in [3.63, 3.8) is 0 Å². The first-order valence-electron chi connectivity index (χ1n) is 7.36. The number of thioether (sulfide) groups is 1. The summed E-state index contributed by atoms with van der Waals surface area (Å²) in [5.41, 5.74) is 0.124. The Hall–Kier alpha value is -1.26. The van der Waals surface area contributed by atoms with Crippen LogP contribution in [0.25, 0.3) is 0 Å². The second kappa shape index (κ2) is 7.14. The Morgan fingerprint density at radius 3 is 2.76 bits per heavy atom. The normalized spacial score (nSPS) is 21.8. The summed E-state index contributed by atoms with van der Waals surface area (Å²) in [7, 11) is 0. The number of ether oxygens (including phenoxy) is 1. The molecule has 0 aromatic heterocycles. The van der Waals surface area contributed by atoms with Gasteiger partial charge in [-0.2, -0.15) is 0 Å². The van der Waals surface area contributed by atoms with E-state index in [0.29, 0.717) is 13.0 Å². The van der Waals surface area contributed by atoms with Crippen molar-refractivity contribution < 1.29 is 14.6 Å². The molecule has 1 aromatic carbocycles. The molecule has 0 saturated carbocycles. The summed E-state index contributed by atoms with van der Waals surface area (Å²) in [6, 6.07) is 8.19. The largest absolute Gasteiger partial charge is 0.466 e. The number of carbonyl (C=O) groups is 1. The third-order valence-electron chi connectivity index (χ3n) is 3.57. The van der Waals surface area contributed by atoms with E-state index >= 15 is 0 Å². The van der Waals surface area contributed by atoms with Crippen LogP contribution in [0.15, 0.2) is 40.1 Å². The molecule has 0 heterocycles. The summed E-state index contributed by atoms with van der Waals surface area (Å²) in [5, 5.41) is 10.9. The number of allylic oxidation sites excluding steroid dienone is 1. The van der Waals surface area contributed by atoms with Crippen molar-refractivity contribution in [3.8, 4) is 0 Å². The fraction of sp³-hybridized carbons (Fsp3) is 0.471. The van der Waals surface area contributed by atoms with Gasteiger partial charge in [-0.3, -0.25) is 4.79 Å². The van der Waals surface area contributed by atoms with Crippen LogP contribution in [-0.2, 0) is 9.53 Å². The number of hydrogen-bond acceptors (Lipinski definition) is 4. The average Bonchev–Trinajstić information content (AvgIpc) is 2.44. The van der Waals surface area contributed by atoms with Gasteiger partial charge < -0.3 is 9.84 Å². The minimum Gasteiger partial charge on any atom is -0.466 e. The molecule has 3 nitrogen and oxygen atoms in total. The topological polar surface area (TPSA) is 46.5 Å². The van der Waals surface area contributed by atoms with E-state index < -0.39 is 5.60 Å². The van der Waals surface area contributed by atoms with Gasteiger partial charge in [0, 0.05) is 9.80 Å². The molecule has 4 heteroatoms. The first-order valence-corrected chi connectivity index (χ1v) is 8.18. The summed E-state index contributed by atoms with van der Waals surface area (Å²) >= 11 is 1.54. The molecule has 0 fully saturated rings. The SMILES string of the molecule is CCOC(=O)C[C@@]1(O)CCCC=C1Sc1ccc(C)cc1. The predicted molar refractivity (Wildman–Crippen MR) is 85.2 cm³/mol. The van der Waals surface area contributed by atoms with E-state index in [2.05, 4.69) is 12.1 Å². The summed E-state index contributed by atoms with van der Waals surface area (Å²) in [6.45, 7) is 4.17. The Balaban J connectivity index is 2.12. The maximum absolute atomic E-state index is 11.7. The van der Waals surface area contributed by atoms with E-state index in [-0.39, 0.29) is 12.4 Å². The van der Waals surface area contributed by atoms with E-state index in [1.165, 1.54) is 5.56 Å². The molecule has 0 aliphatic heterocycles. The Morgan fingerprint density at radius 2 is 2.10 bits per heavy atom. The van der Waals surface area contributed by atoms with E-state index in [4.69, 9.17) is 4.74 Å². The van der Waals surface area contributed by atoms with Crippen LogP contribution >= 0.6 is 11.8 Å². The van der Waals surface area contributed by atoms with Gasteiger partial charge in [0.1, 0.15) is 5.60 Å². The molecule has 1 aromatic rings. The van der Waals surface area contributed by atoms with Crippen molar-refractivity contribution in [3.05, 3.63) is 40.8 Å². The van der Waals surface area contributed by atoms with Crippen LogP contribution in [0.1, 0.15) is 38.2 Å². The Morgan fingerprint density at radius 1 is 1.38 bits per heavy atom. The summed E-state index contributed by atoms with van der Waals surface area (Å²) in [5.74, 6) is -0.336. The van der Waals surface area contributed by atoms with Crippen molar-refractivity contribution in [1.82, 2.24) is 0 Å². The molecule has 0 bridgehead atoms. The number of rotatable bonds is 5. The molecule has 1 aliphatic rings. The zero-order valence-electron chi connectivity index (χ0n) is 12.6. The van der Waals surface area contributed by atoms with Crippen LogP contribution in [0.4, 0.5) is 0 Å². The number of esters is 1. The van der Waals surface area contributed by atoms with Gasteiger partial charge in [0.25, 0.3) is 0 Å². The highest BCUT2D eigenvalue weighted by atomic mass is 32.2. The lowest BCUT2D eigenvalue weighted by molar-refractivity contribution is -0.147. The summed E-state index contributed by atoms with van der Waals surface area (Å²) in [4.78, 5) is 13.7. The molecule has 0 amide bonds. The van der Waals surface area contributed by atoms with Crippen molar-refractivity contribution in [2.75, 3.05) is 6.61 Å². The predicted octanol–water partition coefficient (Wildman–Crippen LogP) is 3.84. The minimum atomic E-state index is -1.08. The zero-order chi connectivity index (χ0) is 15.3. The van der Waals surface area contributed by atoms with Crippen molar-refractivity contribution in [2.24, 2.45) is 0 Å². The van der Waals surface area contributed by atoms with Crippen LogP contribution in [0, 0.1) is 6.92 Å². The highest BCUT2D eigenvalue weighted by molar-refractivity contribution is 8.03. The number of hydrogen-bond donors (Lipinski definition) is 1. The number of benzene rings is 1. The lowest BCUT2D eigenvalue weighted by Gasteiger charge is -2.32. The molecule has 21 heavy (non-hydrogen) atoms.